The van der Waals surface area contributed by atoms with Gasteiger partial charge in [0.05, 0.1) is 0 Å². The van der Waals surface area contributed by atoms with Crippen LogP contribution < -0.4 is 0 Å². The summed E-state index contributed by atoms with van der Waals surface area (Å²) >= 11 is 0. The predicted molar refractivity (Wildman–Crippen MR) is 74.3 cm³/mol. The second-order valence-electron chi connectivity index (χ2n) is 5.23. The third kappa shape index (κ3) is 2.03. The Bertz CT molecular complexity index is 699. The van der Waals surface area contributed by atoms with Gasteiger partial charge in [0, 0.05) is 24.2 Å². The van der Waals surface area contributed by atoms with Crippen molar-refractivity contribution in [2.45, 2.75) is 25.8 Å². The molecule has 0 spiro atoms. The molecule has 0 radical (unpaired) electrons. The lowest BCUT2D eigenvalue weighted by atomic mass is 9.77. The van der Waals surface area contributed by atoms with Crippen LogP contribution >= 0.6 is 0 Å². The molecule has 1 aromatic carbocycles. The van der Waals surface area contributed by atoms with Crippen molar-refractivity contribution in [3.05, 3.63) is 58.9 Å². The van der Waals surface area contributed by atoms with E-state index >= 15 is 0 Å². The molecule has 1 heterocycles. The van der Waals surface area contributed by atoms with Gasteiger partial charge >= 0.3 is 5.97 Å². The van der Waals surface area contributed by atoms with Crippen molar-refractivity contribution in [2.75, 3.05) is 0 Å². The van der Waals surface area contributed by atoms with Crippen LogP contribution in [0, 0.1) is 0 Å². The maximum Gasteiger partial charge on any atom is 0.352 e. The summed E-state index contributed by atoms with van der Waals surface area (Å²) in [5, 5.41) is 9.23. The lowest BCUT2D eigenvalue weighted by Gasteiger charge is -2.30. The number of rotatable bonds is 4. The highest BCUT2D eigenvalue weighted by molar-refractivity contribution is 5.97. The summed E-state index contributed by atoms with van der Waals surface area (Å²) in [5.41, 5.74) is 3.24. The maximum atomic E-state index is 11.4. The molecule has 0 saturated heterocycles. The Hall–Kier alpha value is -2.36. The van der Waals surface area contributed by atoms with Crippen molar-refractivity contribution in [2.24, 2.45) is 0 Å². The molecule has 1 aliphatic carbocycles. The van der Waals surface area contributed by atoms with Crippen LogP contribution in [0.3, 0.4) is 0 Å². The third-order valence-electron chi connectivity index (χ3n) is 3.90. The van der Waals surface area contributed by atoms with E-state index in [0.29, 0.717) is 18.0 Å². The fourth-order valence-corrected chi connectivity index (χ4v) is 2.80. The molecule has 4 nitrogen and oxygen atoms in total. The van der Waals surface area contributed by atoms with Crippen molar-refractivity contribution in [3.8, 4) is 0 Å². The summed E-state index contributed by atoms with van der Waals surface area (Å²) in [6, 6.07) is 9.65. The Morgan fingerprint density at radius 2 is 2.10 bits per heavy atom. The minimum atomic E-state index is -0.995. The van der Waals surface area contributed by atoms with E-state index in [2.05, 4.69) is 12.1 Å². The average molecular weight is 269 g/mol. The summed E-state index contributed by atoms with van der Waals surface area (Å²) in [6.45, 7) is 2.05. The fraction of sp³-hybridized carbons (Fsp3) is 0.250. The Morgan fingerprint density at radius 1 is 1.35 bits per heavy atom. The molecule has 1 unspecified atom stereocenters. The molecule has 3 rings (SSSR count). The van der Waals surface area contributed by atoms with E-state index in [9.17, 15) is 14.7 Å². The van der Waals surface area contributed by atoms with E-state index < -0.39 is 5.97 Å². The minimum absolute atomic E-state index is 0.111. The molecule has 1 atom stereocenters. The van der Waals surface area contributed by atoms with Crippen LogP contribution in [0.1, 0.15) is 44.8 Å². The van der Waals surface area contributed by atoms with Crippen molar-refractivity contribution >= 4 is 11.8 Å². The number of aromatic carboxylic acids is 1. The number of nitrogens with zero attached hydrogens (tertiary/aromatic N) is 1. The van der Waals surface area contributed by atoms with Crippen LogP contribution in [0.5, 0.6) is 0 Å². The number of benzene rings is 1. The average Bonchev–Trinajstić information content (AvgIpc) is 2.80. The Labute approximate surface area is 116 Å². The van der Waals surface area contributed by atoms with Crippen LogP contribution in [0.15, 0.2) is 36.5 Å². The van der Waals surface area contributed by atoms with E-state index in [1.807, 2.05) is 12.1 Å². The van der Waals surface area contributed by atoms with Crippen LogP contribution in [-0.2, 0) is 13.0 Å². The first-order chi connectivity index (χ1) is 9.56. The molecule has 0 bridgehead atoms. The molecule has 0 saturated carbocycles. The zero-order valence-corrected chi connectivity index (χ0v) is 11.2. The third-order valence-corrected chi connectivity index (χ3v) is 3.90. The summed E-state index contributed by atoms with van der Waals surface area (Å²) < 4.78 is 1.68. The molecule has 102 valence electrons. The molecule has 4 heteroatoms. The molecule has 0 fully saturated rings. The molecule has 1 N–H and O–H groups in total. The van der Waals surface area contributed by atoms with E-state index in [4.69, 9.17) is 0 Å². The molecule has 1 aliphatic rings. The van der Waals surface area contributed by atoms with Gasteiger partial charge in [-0.15, -0.1) is 0 Å². The Balaban J connectivity index is 1.88. The van der Waals surface area contributed by atoms with Gasteiger partial charge in [0.15, 0.2) is 5.78 Å². The highest BCUT2D eigenvalue weighted by Crippen LogP contribution is 2.36. The highest BCUT2D eigenvalue weighted by atomic mass is 16.4. The number of carbonyl (C=O) groups excluding carboxylic acids is 1. The second kappa shape index (κ2) is 4.63. The lowest BCUT2D eigenvalue weighted by Crippen LogP contribution is -2.23. The zero-order chi connectivity index (χ0) is 14.3. The number of carboxylic acids is 1. The first kappa shape index (κ1) is 12.7. The van der Waals surface area contributed by atoms with Crippen LogP contribution in [0.4, 0.5) is 0 Å². The van der Waals surface area contributed by atoms with Gasteiger partial charge in [-0.25, -0.2) is 4.79 Å². The van der Waals surface area contributed by atoms with Gasteiger partial charge in [-0.3, -0.25) is 4.79 Å². The second-order valence-corrected chi connectivity index (χ2v) is 5.23. The number of fused-ring (bicyclic) bond motifs is 1. The predicted octanol–water partition coefficient (Wildman–Crippen LogP) is 2.73. The number of carboxylic acid groups (broad SMARTS) is 1. The molecule has 2 aromatic rings. The fourth-order valence-electron chi connectivity index (χ4n) is 2.80. The summed E-state index contributed by atoms with van der Waals surface area (Å²) in [6.07, 6.45) is 2.61. The smallest absolute Gasteiger partial charge is 0.352 e. The van der Waals surface area contributed by atoms with Gasteiger partial charge in [0.25, 0.3) is 0 Å². The monoisotopic (exact) mass is 269 g/mol. The van der Waals surface area contributed by atoms with Gasteiger partial charge in [-0.2, -0.15) is 0 Å². The molecular formula is C16H15NO3. The van der Waals surface area contributed by atoms with Gasteiger partial charge in [-0.1, -0.05) is 24.3 Å². The molecule has 0 amide bonds. The van der Waals surface area contributed by atoms with Crippen molar-refractivity contribution in [3.63, 3.8) is 0 Å². The lowest BCUT2D eigenvalue weighted by molar-refractivity contribution is 0.0684. The maximum absolute atomic E-state index is 11.4. The summed E-state index contributed by atoms with van der Waals surface area (Å²) in [4.78, 5) is 22.7. The Kier molecular flexibility index (Phi) is 2.93. The van der Waals surface area contributed by atoms with Crippen molar-refractivity contribution < 1.29 is 14.7 Å². The van der Waals surface area contributed by atoms with Crippen molar-refractivity contribution in [1.82, 2.24) is 4.57 Å². The quantitative estimate of drug-likeness (QED) is 0.868. The van der Waals surface area contributed by atoms with Crippen molar-refractivity contribution in [1.29, 1.82) is 0 Å². The number of carbonyl (C=O) groups is 2. The van der Waals surface area contributed by atoms with Crippen LogP contribution in [0.2, 0.25) is 0 Å². The number of Topliss-reactive ketones (excluding diaryl/α,β-unsaturated/α-hetero) is 1. The largest absolute Gasteiger partial charge is 0.477 e. The number of hydrogen-bond acceptors (Lipinski definition) is 2. The number of ketones is 1. The van der Waals surface area contributed by atoms with Gasteiger partial charge in [-0.05, 0) is 30.5 Å². The van der Waals surface area contributed by atoms with Crippen LogP contribution in [0.25, 0.3) is 0 Å². The van der Waals surface area contributed by atoms with E-state index in [0.717, 1.165) is 6.42 Å². The summed E-state index contributed by atoms with van der Waals surface area (Å²) in [5.74, 6) is -0.776. The number of aromatic nitrogens is 1. The van der Waals surface area contributed by atoms with E-state index in [1.165, 1.54) is 24.1 Å². The number of hydrogen-bond donors (Lipinski definition) is 1. The normalized spacial score (nSPS) is 16.4. The van der Waals surface area contributed by atoms with Gasteiger partial charge in [0.1, 0.15) is 5.69 Å². The topological polar surface area (TPSA) is 59.3 Å². The molecule has 0 aliphatic heterocycles. The molecule has 20 heavy (non-hydrogen) atoms. The van der Waals surface area contributed by atoms with E-state index in [-0.39, 0.29) is 11.5 Å². The summed E-state index contributed by atoms with van der Waals surface area (Å²) in [7, 11) is 0. The molecular weight excluding hydrogens is 254 g/mol. The first-order valence-electron chi connectivity index (χ1n) is 6.58. The zero-order valence-electron chi connectivity index (χ0n) is 11.2. The van der Waals surface area contributed by atoms with Gasteiger partial charge < -0.3 is 9.67 Å². The SMILES string of the molecule is CC(=O)c1cc(C(=O)O)n(CC2Cc3ccccc32)c1. The van der Waals surface area contributed by atoms with Gasteiger partial charge in [0.2, 0.25) is 0 Å². The van der Waals surface area contributed by atoms with Crippen LogP contribution in [-0.4, -0.2) is 21.4 Å². The Morgan fingerprint density at radius 3 is 2.75 bits per heavy atom. The molecule has 1 aromatic heterocycles. The van der Waals surface area contributed by atoms with E-state index in [1.54, 1.807) is 10.8 Å². The first-order valence-corrected chi connectivity index (χ1v) is 6.58. The highest BCUT2D eigenvalue weighted by Gasteiger charge is 2.27. The minimum Gasteiger partial charge on any atom is -0.477 e. The standard InChI is InChI=1S/C16H15NO3/c1-10(18)12-7-15(16(19)20)17(8-12)9-13-6-11-4-2-3-5-14(11)13/h2-5,7-8,13H,6,9H2,1H3,(H,19,20).